The molecule has 2 N–H and O–H groups in total. The summed E-state index contributed by atoms with van der Waals surface area (Å²) in [7, 11) is 0. The minimum Gasteiger partial charge on any atom is -0.381 e. The third-order valence-electron chi connectivity index (χ3n) is 4.68. The lowest BCUT2D eigenvalue weighted by atomic mass is 9.75. The fraction of sp³-hybridized carbons (Fsp3) is 0.625. The molecule has 0 radical (unpaired) electrons. The van der Waals surface area contributed by atoms with Gasteiger partial charge in [0.25, 0.3) is 0 Å². The second-order valence-electron chi connectivity index (χ2n) is 5.81. The molecule has 2 heteroatoms. The second-order valence-corrected chi connectivity index (χ2v) is 5.81. The van der Waals surface area contributed by atoms with Gasteiger partial charge in [-0.2, -0.15) is 0 Å². The van der Waals surface area contributed by atoms with E-state index in [9.17, 15) is 0 Å². The van der Waals surface area contributed by atoms with Crippen molar-refractivity contribution in [1.82, 2.24) is 0 Å². The van der Waals surface area contributed by atoms with Crippen molar-refractivity contribution in [2.75, 3.05) is 13.2 Å². The van der Waals surface area contributed by atoms with E-state index in [1.807, 2.05) is 0 Å². The third kappa shape index (κ3) is 2.45. The number of aryl methyl sites for hydroxylation is 1. The molecule has 2 nitrogen and oxygen atoms in total. The molecular formula is C16H23NO. The van der Waals surface area contributed by atoms with Crippen molar-refractivity contribution in [2.45, 2.75) is 38.1 Å². The van der Waals surface area contributed by atoms with Crippen LogP contribution in [0.25, 0.3) is 0 Å². The fourth-order valence-electron chi connectivity index (χ4n) is 3.54. The standard InChI is InChI=1S/C16H23NO/c17-16-14(11-12-7-9-18-10-8-12)6-5-13-3-1-2-4-15(13)16/h1-4,12,14,16H,5-11,17H2. The highest BCUT2D eigenvalue weighted by atomic mass is 16.5. The third-order valence-corrected chi connectivity index (χ3v) is 4.68. The van der Waals surface area contributed by atoms with Crippen molar-refractivity contribution < 1.29 is 4.74 Å². The van der Waals surface area contributed by atoms with E-state index >= 15 is 0 Å². The van der Waals surface area contributed by atoms with Gasteiger partial charge in [0.2, 0.25) is 0 Å². The summed E-state index contributed by atoms with van der Waals surface area (Å²) in [4.78, 5) is 0. The summed E-state index contributed by atoms with van der Waals surface area (Å²) < 4.78 is 5.44. The van der Waals surface area contributed by atoms with Gasteiger partial charge in [-0.05, 0) is 55.1 Å². The van der Waals surface area contributed by atoms with Crippen LogP contribution in [-0.2, 0) is 11.2 Å². The normalized spacial score (nSPS) is 28.9. The highest BCUT2D eigenvalue weighted by Gasteiger charge is 2.29. The van der Waals surface area contributed by atoms with E-state index < -0.39 is 0 Å². The van der Waals surface area contributed by atoms with Crippen LogP contribution in [0, 0.1) is 11.8 Å². The molecule has 1 aromatic rings. The molecule has 3 rings (SSSR count). The van der Waals surface area contributed by atoms with Crippen molar-refractivity contribution >= 4 is 0 Å². The number of hydrogen-bond donors (Lipinski definition) is 1. The largest absolute Gasteiger partial charge is 0.381 e. The number of fused-ring (bicyclic) bond motifs is 1. The number of benzene rings is 1. The summed E-state index contributed by atoms with van der Waals surface area (Å²) in [6, 6.07) is 8.95. The van der Waals surface area contributed by atoms with Gasteiger partial charge in [0.15, 0.2) is 0 Å². The average molecular weight is 245 g/mol. The number of rotatable bonds is 2. The van der Waals surface area contributed by atoms with Crippen LogP contribution in [0.5, 0.6) is 0 Å². The number of ether oxygens (including phenoxy) is 1. The molecule has 1 aliphatic heterocycles. The molecule has 1 aromatic carbocycles. The Kier molecular flexibility index (Phi) is 3.67. The molecule has 1 aliphatic carbocycles. The average Bonchev–Trinajstić information content (AvgIpc) is 2.43. The van der Waals surface area contributed by atoms with Crippen molar-refractivity contribution in [3.8, 4) is 0 Å². The van der Waals surface area contributed by atoms with Crippen LogP contribution in [-0.4, -0.2) is 13.2 Å². The number of hydrogen-bond acceptors (Lipinski definition) is 2. The van der Waals surface area contributed by atoms with Crippen molar-refractivity contribution in [1.29, 1.82) is 0 Å². The fourth-order valence-corrected chi connectivity index (χ4v) is 3.54. The molecule has 1 saturated heterocycles. The van der Waals surface area contributed by atoms with Crippen molar-refractivity contribution in [3.05, 3.63) is 35.4 Å². The summed E-state index contributed by atoms with van der Waals surface area (Å²) in [5.74, 6) is 1.50. The zero-order valence-corrected chi connectivity index (χ0v) is 11.0. The smallest absolute Gasteiger partial charge is 0.0468 e. The first-order chi connectivity index (χ1) is 8.84. The maximum absolute atomic E-state index is 6.48. The van der Waals surface area contributed by atoms with Crippen LogP contribution in [0.3, 0.4) is 0 Å². The Hall–Kier alpha value is -0.860. The SMILES string of the molecule is NC1c2ccccc2CCC1CC1CCOCC1. The van der Waals surface area contributed by atoms with E-state index in [-0.39, 0.29) is 6.04 Å². The van der Waals surface area contributed by atoms with Gasteiger partial charge in [0.05, 0.1) is 0 Å². The Labute approximate surface area is 110 Å². The van der Waals surface area contributed by atoms with Gasteiger partial charge in [-0.1, -0.05) is 24.3 Å². The summed E-state index contributed by atoms with van der Waals surface area (Å²) in [5.41, 5.74) is 9.33. The summed E-state index contributed by atoms with van der Waals surface area (Å²) in [6.07, 6.45) is 6.21. The Morgan fingerprint density at radius 1 is 1.11 bits per heavy atom. The Bertz CT molecular complexity index is 398. The van der Waals surface area contributed by atoms with Gasteiger partial charge in [-0.3, -0.25) is 0 Å². The lowest BCUT2D eigenvalue weighted by Gasteiger charge is -2.34. The molecule has 0 spiro atoms. The second kappa shape index (κ2) is 5.41. The summed E-state index contributed by atoms with van der Waals surface area (Å²) >= 11 is 0. The molecule has 2 unspecified atom stereocenters. The molecule has 2 atom stereocenters. The lowest BCUT2D eigenvalue weighted by Crippen LogP contribution is -2.30. The molecule has 0 bridgehead atoms. The quantitative estimate of drug-likeness (QED) is 0.869. The first-order valence-corrected chi connectivity index (χ1v) is 7.25. The minimum atomic E-state index is 0.248. The van der Waals surface area contributed by atoms with Gasteiger partial charge >= 0.3 is 0 Å². The maximum atomic E-state index is 6.48. The van der Waals surface area contributed by atoms with E-state index in [2.05, 4.69) is 24.3 Å². The summed E-state index contributed by atoms with van der Waals surface area (Å²) in [5, 5.41) is 0. The Morgan fingerprint density at radius 3 is 2.72 bits per heavy atom. The predicted octanol–water partition coefficient (Wildman–Crippen LogP) is 3.07. The molecule has 2 aliphatic rings. The molecule has 1 heterocycles. The van der Waals surface area contributed by atoms with E-state index in [0.29, 0.717) is 5.92 Å². The first kappa shape index (κ1) is 12.2. The highest BCUT2D eigenvalue weighted by Crippen LogP contribution is 2.37. The van der Waals surface area contributed by atoms with Gasteiger partial charge in [0.1, 0.15) is 0 Å². The Balaban J connectivity index is 1.68. The zero-order chi connectivity index (χ0) is 12.4. The topological polar surface area (TPSA) is 35.2 Å². The summed E-state index contributed by atoms with van der Waals surface area (Å²) in [6.45, 7) is 1.90. The maximum Gasteiger partial charge on any atom is 0.0468 e. The lowest BCUT2D eigenvalue weighted by molar-refractivity contribution is 0.0559. The molecular weight excluding hydrogens is 222 g/mol. The van der Waals surface area contributed by atoms with Crippen molar-refractivity contribution in [2.24, 2.45) is 17.6 Å². The molecule has 1 fully saturated rings. The van der Waals surface area contributed by atoms with Gasteiger partial charge in [-0.25, -0.2) is 0 Å². The minimum absolute atomic E-state index is 0.248. The molecule has 0 aromatic heterocycles. The van der Waals surface area contributed by atoms with Gasteiger partial charge in [-0.15, -0.1) is 0 Å². The molecule has 98 valence electrons. The van der Waals surface area contributed by atoms with Crippen LogP contribution in [0.2, 0.25) is 0 Å². The van der Waals surface area contributed by atoms with E-state index in [4.69, 9.17) is 10.5 Å². The van der Waals surface area contributed by atoms with E-state index in [0.717, 1.165) is 19.1 Å². The van der Waals surface area contributed by atoms with Crippen LogP contribution in [0.1, 0.15) is 42.9 Å². The molecule has 0 amide bonds. The monoisotopic (exact) mass is 245 g/mol. The number of nitrogens with two attached hydrogens (primary N) is 1. The molecule has 18 heavy (non-hydrogen) atoms. The van der Waals surface area contributed by atoms with Crippen LogP contribution >= 0.6 is 0 Å². The van der Waals surface area contributed by atoms with Crippen LogP contribution < -0.4 is 5.73 Å². The predicted molar refractivity (Wildman–Crippen MR) is 73.3 cm³/mol. The zero-order valence-electron chi connectivity index (χ0n) is 11.0. The Morgan fingerprint density at radius 2 is 1.89 bits per heavy atom. The van der Waals surface area contributed by atoms with E-state index in [1.54, 1.807) is 0 Å². The molecule has 0 saturated carbocycles. The van der Waals surface area contributed by atoms with Crippen LogP contribution in [0.4, 0.5) is 0 Å². The van der Waals surface area contributed by atoms with E-state index in [1.165, 1.54) is 43.2 Å². The van der Waals surface area contributed by atoms with Crippen LogP contribution in [0.15, 0.2) is 24.3 Å². The highest BCUT2D eigenvalue weighted by molar-refractivity contribution is 5.32. The van der Waals surface area contributed by atoms with Gasteiger partial charge < -0.3 is 10.5 Å². The van der Waals surface area contributed by atoms with Crippen molar-refractivity contribution in [3.63, 3.8) is 0 Å². The first-order valence-electron chi connectivity index (χ1n) is 7.25. The van der Waals surface area contributed by atoms with Gasteiger partial charge in [0, 0.05) is 19.3 Å².